The third-order valence-corrected chi connectivity index (χ3v) is 5.41. The van der Waals surface area contributed by atoms with E-state index >= 15 is 0 Å². The van der Waals surface area contributed by atoms with Crippen molar-refractivity contribution in [3.8, 4) is 0 Å². The third-order valence-electron chi connectivity index (χ3n) is 5.41. The summed E-state index contributed by atoms with van der Waals surface area (Å²) < 4.78 is 0. The minimum atomic E-state index is 0.235. The zero-order valence-electron chi connectivity index (χ0n) is 12.4. The number of hydrogen-bond donors (Lipinski definition) is 1. The first-order valence-corrected chi connectivity index (χ1v) is 7.91. The second kappa shape index (κ2) is 5.28. The average molecular weight is 257 g/mol. The van der Waals surface area contributed by atoms with E-state index in [0.717, 1.165) is 24.3 Å². The van der Waals surface area contributed by atoms with E-state index < -0.39 is 0 Å². The quantitative estimate of drug-likeness (QED) is 0.841. The Hall–Kier alpha value is -0.820. The lowest BCUT2D eigenvalue weighted by Gasteiger charge is -2.28. The molecular formula is C18H27N. The summed E-state index contributed by atoms with van der Waals surface area (Å²) in [5, 5.41) is 3.75. The third kappa shape index (κ3) is 2.86. The molecule has 3 atom stereocenters. The molecule has 3 rings (SSSR count). The molecule has 0 radical (unpaired) electrons. The van der Waals surface area contributed by atoms with Crippen LogP contribution in [0.5, 0.6) is 0 Å². The van der Waals surface area contributed by atoms with Crippen LogP contribution in [-0.4, -0.2) is 13.1 Å². The summed E-state index contributed by atoms with van der Waals surface area (Å²) in [5.74, 6) is 3.07. The van der Waals surface area contributed by atoms with Crippen LogP contribution in [0, 0.1) is 17.8 Å². The zero-order chi connectivity index (χ0) is 13.3. The van der Waals surface area contributed by atoms with Crippen molar-refractivity contribution in [1.29, 1.82) is 0 Å². The van der Waals surface area contributed by atoms with Gasteiger partial charge in [-0.05, 0) is 49.1 Å². The van der Waals surface area contributed by atoms with Crippen LogP contribution >= 0.6 is 0 Å². The van der Waals surface area contributed by atoms with Gasteiger partial charge in [0.15, 0.2) is 0 Å². The molecule has 1 aromatic carbocycles. The Morgan fingerprint density at radius 3 is 2.53 bits per heavy atom. The largest absolute Gasteiger partial charge is 0.316 e. The molecule has 2 fully saturated rings. The normalized spacial score (nSPS) is 29.9. The summed E-state index contributed by atoms with van der Waals surface area (Å²) in [6.07, 6.45) is 6.02. The van der Waals surface area contributed by atoms with E-state index in [1.54, 1.807) is 0 Å². The van der Waals surface area contributed by atoms with Gasteiger partial charge in [0.25, 0.3) is 0 Å². The summed E-state index contributed by atoms with van der Waals surface area (Å²) in [4.78, 5) is 0. The fourth-order valence-electron chi connectivity index (χ4n) is 4.19. The topological polar surface area (TPSA) is 12.0 Å². The lowest BCUT2D eigenvalue weighted by molar-refractivity contribution is 0.309. The van der Waals surface area contributed by atoms with Crippen molar-refractivity contribution in [1.82, 2.24) is 5.32 Å². The second-order valence-electron chi connectivity index (χ2n) is 7.32. The minimum Gasteiger partial charge on any atom is -0.316 e. The molecule has 0 aromatic heterocycles. The van der Waals surface area contributed by atoms with Gasteiger partial charge >= 0.3 is 0 Å². The Morgan fingerprint density at radius 2 is 1.89 bits per heavy atom. The predicted octanol–water partition coefficient (Wildman–Crippen LogP) is 3.99. The number of nitrogens with one attached hydrogen (secondary N) is 1. The molecule has 1 heteroatoms. The molecule has 1 nitrogen and oxygen atoms in total. The van der Waals surface area contributed by atoms with Gasteiger partial charge in [-0.3, -0.25) is 0 Å². The molecule has 2 aliphatic rings. The highest BCUT2D eigenvalue weighted by Crippen LogP contribution is 2.47. The maximum Gasteiger partial charge on any atom is 0.00433 e. The van der Waals surface area contributed by atoms with E-state index in [1.807, 2.05) is 0 Å². The molecule has 19 heavy (non-hydrogen) atoms. The van der Waals surface area contributed by atoms with Gasteiger partial charge in [-0.2, -0.15) is 0 Å². The van der Waals surface area contributed by atoms with Gasteiger partial charge in [0.2, 0.25) is 0 Å². The van der Waals surface area contributed by atoms with Gasteiger partial charge in [-0.25, -0.2) is 0 Å². The molecule has 2 bridgehead atoms. The van der Waals surface area contributed by atoms with Crippen LogP contribution in [-0.2, 0) is 5.41 Å². The molecule has 104 valence electrons. The molecule has 0 spiro atoms. The van der Waals surface area contributed by atoms with Crippen molar-refractivity contribution in [2.75, 3.05) is 13.1 Å². The SMILES string of the molecule is CC(C)(CNCC1CC2CCC1C2)c1ccccc1. The van der Waals surface area contributed by atoms with Crippen LogP contribution in [0.25, 0.3) is 0 Å². The number of fused-ring (bicyclic) bond motifs is 2. The molecule has 0 aliphatic heterocycles. The highest BCUT2D eigenvalue weighted by molar-refractivity contribution is 5.23. The van der Waals surface area contributed by atoms with E-state index in [0.29, 0.717) is 0 Å². The number of rotatable bonds is 5. The monoisotopic (exact) mass is 257 g/mol. The fourth-order valence-corrected chi connectivity index (χ4v) is 4.19. The van der Waals surface area contributed by atoms with Gasteiger partial charge in [0, 0.05) is 12.0 Å². The van der Waals surface area contributed by atoms with Crippen LogP contribution in [0.15, 0.2) is 30.3 Å². The van der Waals surface area contributed by atoms with Gasteiger partial charge in [0.1, 0.15) is 0 Å². The molecular weight excluding hydrogens is 230 g/mol. The van der Waals surface area contributed by atoms with Crippen molar-refractivity contribution < 1.29 is 0 Å². The standard InChI is InChI=1S/C18H27N/c1-18(2,17-6-4-3-5-7-17)13-19-12-16-11-14-8-9-15(16)10-14/h3-7,14-16,19H,8-13H2,1-2H3. The molecule has 0 amide bonds. The van der Waals surface area contributed by atoms with Crippen LogP contribution in [0.3, 0.4) is 0 Å². The van der Waals surface area contributed by atoms with E-state index in [1.165, 1.54) is 37.8 Å². The van der Waals surface area contributed by atoms with Gasteiger partial charge in [-0.15, -0.1) is 0 Å². The molecule has 0 saturated heterocycles. The molecule has 2 aliphatic carbocycles. The van der Waals surface area contributed by atoms with Crippen molar-refractivity contribution >= 4 is 0 Å². The first-order chi connectivity index (χ1) is 9.15. The second-order valence-corrected chi connectivity index (χ2v) is 7.32. The van der Waals surface area contributed by atoms with Crippen molar-refractivity contribution in [2.45, 2.75) is 44.9 Å². The number of benzene rings is 1. The Morgan fingerprint density at radius 1 is 1.11 bits per heavy atom. The van der Waals surface area contributed by atoms with Crippen molar-refractivity contribution in [3.63, 3.8) is 0 Å². The fraction of sp³-hybridized carbons (Fsp3) is 0.667. The van der Waals surface area contributed by atoms with Gasteiger partial charge < -0.3 is 5.32 Å². The predicted molar refractivity (Wildman–Crippen MR) is 81.3 cm³/mol. The summed E-state index contributed by atoms with van der Waals surface area (Å²) in [6, 6.07) is 10.9. The van der Waals surface area contributed by atoms with E-state index in [9.17, 15) is 0 Å². The minimum absolute atomic E-state index is 0.235. The smallest absolute Gasteiger partial charge is 0.00433 e. The number of hydrogen-bond acceptors (Lipinski definition) is 1. The molecule has 0 heterocycles. The van der Waals surface area contributed by atoms with Crippen molar-refractivity contribution in [3.05, 3.63) is 35.9 Å². The Labute approximate surface area is 117 Å². The first-order valence-electron chi connectivity index (χ1n) is 7.91. The Kier molecular flexibility index (Phi) is 3.66. The highest BCUT2D eigenvalue weighted by atomic mass is 14.9. The van der Waals surface area contributed by atoms with Crippen LogP contribution in [0.4, 0.5) is 0 Å². The maximum atomic E-state index is 3.75. The van der Waals surface area contributed by atoms with Crippen LogP contribution < -0.4 is 5.32 Å². The van der Waals surface area contributed by atoms with Gasteiger partial charge in [-0.1, -0.05) is 50.6 Å². The van der Waals surface area contributed by atoms with E-state index in [4.69, 9.17) is 0 Å². The highest BCUT2D eigenvalue weighted by Gasteiger charge is 2.39. The van der Waals surface area contributed by atoms with E-state index in [-0.39, 0.29) is 5.41 Å². The van der Waals surface area contributed by atoms with Crippen LogP contribution in [0.1, 0.15) is 45.1 Å². The molecule has 1 N–H and O–H groups in total. The summed E-state index contributed by atoms with van der Waals surface area (Å²) in [6.45, 7) is 7.01. The Balaban J connectivity index is 1.49. The molecule has 2 saturated carbocycles. The zero-order valence-corrected chi connectivity index (χ0v) is 12.4. The molecule has 3 unspecified atom stereocenters. The van der Waals surface area contributed by atoms with Crippen LogP contribution in [0.2, 0.25) is 0 Å². The molecule has 1 aromatic rings. The maximum absolute atomic E-state index is 3.75. The summed E-state index contributed by atoms with van der Waals surface area (Å²) in [7, 11) is 0. The lowest BCUT2D eigenvalue weighted by Crippen LogP contribution is -2.36. The average Bonchev–Trinajstić information content (AvgIpc) is 3.02. The lowest BCUT2D eigenvalue weighted by atomic mass is 9.84. The summed E-state index contributed by atoms with van der Waals surface area (Å²) >= 11 is 0. The van der Waals surface area contributed by atoms with Crippen molar-refractivity contribution in [2.24, 2.45) is 17.8 Å². The Bertz CT molecular complexity index is 409. The summed E-state index contributed by atoms with van der Waals surface area (Å²) in [5.41, 5.74) is 1.68. The van der Waals surface area contributed by atoms with Gasteiger partial charge in [0.05, 0.1) is 0 Å². The van der Waals surface area contributed by atoms with E-state index in [2.05, 4.69) is 49.5 Å². The first kappa shape index (κ1) is 13.2.